The van der Waals surface area contributed by atoms with Gasteiger partial charge in [-0.3, -0.25) is 9.59 Å². The quantitative estimate of drug-likeness (QED) is 0.418. The maximum absolute atomic E-state index is 12.1. The van der Waals surface area contributed by atoms with E-state index < -0.39 is 0 Å². The molecule has 6 heteroatoms. The molecule has 2 N–H and O–H groups in total. The van der Waals surface area contributed by atoms with E-state index in [1.54, 1.807) is 12.3 Å². The molecule has 0 fully saturated rings. The molecule has 1 aromatic heterocycles. The van der Waals surface area contributed by atoms with Crippen LogP contribution in [0.25, 0.3) is 21.8 Å². The molecule has 0 aliphatic heterocycles. The summed E-state index contributed by atoms with van der Waals surface area (Å²) in [7, 11) is 0. The van der Waals surface area contributed by atoms with Crippen LogP contribution in [0.3, 0.4) is 0 Å². The van der Waals surface area contributed by atoms with Gasteiger partial charge < -0.3 is 4.98 Å². The number of nitrogens with zero attached hydrogens (tertiary/aromatic N) is 2. The predicted molar refractivity (Wildman–Crippen MR) is 110 cm³/mol. The Morgan fingerprint density at radius 2 is 1.82 bits per heavy atom. The van der Waals surface area contributed by atoms with Gasteiger partial charge in [0.05, 0.1) is 17.2 Å². The summed E-state index contributed by atoms with van der Waals surface area (Å²) >= 11 is 0. The summed E-state index contributed by atoms with van der Waals surface area (Å²) in [4.78, 5) is 31.3. The minimum absolute atomic E-state index is 0.126. The third-order valence-electron chi connectivity index (χ3n) is 4.47. The van der Waals surface area contributed by atoms with Crippen molar-refractivity contribution in [1.29, 1.82) is 0 Å². The van der Waals surface area contributed by atoms with Gasteiger partial charge in [0.1, 0.15) is 5.69 Å². The number of rotatable bonds is 5. The van der Waals surface area contributed by atoms with Crippen LogP contribution in [-0.2, 0) is 11.2 Å². The van der Waals surface area contributed by atoms with Crippen molar-refractivity contribution in [3.8, 4) is 0 Å². The molecule has 0 aliphatic carbocycles. The number of aryl methyl sites for hydroxylation is 1. The van der Waals surface area contributed by atoms with Crippen molar-refractivity contribution in [2.24, 2.45) is 5.10 Å². The zero-order valence-electron chi connectivity index (χ0n) is 15.1. The first kappa shape index (κ1) is 17.6. The van der Waals surface area contributed by atoms with Gasteiger partial charge in [0.25, 0.3) is 5.56 Å². The number of H-pyrrole nitrogens is 1. The molecular weight excluding hydrogens is 352 g/mol. The fraction of sp³-hybridized carbons (Fsp3) is 0.0909. The van der Waals surface area contributed by atoms with Gasteiger partial charge in [-0.2, -0.15) is 5.10 Å². The molecule has 0 spiro atoms. The van der Waals surface area contributed by atoms with E-state index in [1.807, 2.05) is 60.7 Å². The molecule has 0 saturated carbocycles. The Morgan fingerprint density at radius 1 is 1.04 bits per heavy atom. The van der Waals surface area contributed by atoms with Crippen molar-refractivity contribution in [3.63, 3.8) is 0 Å². The number of nitrogens with one attached hydrogen (secondary N) is 2. The number of carbonyl (C=O) groups is 1. The Morgan fingerprint density at radius 3 is 2.75 bits per heavy atom. The second-order valence-corrected chi connectivity index (χ2v) is 6.39. The zero-order valence-corrected chi connectivity index (χ0v) is 15.1. The first-order valence-corrected chi connectivity index (χ1v) is 8.98. The van der Waals surface area contributed by atoms with Crippen LogP contribution in [0.5, 0.6) is 0 Å². The molecule has 0 aliphatic rings. The normalized spacial score (nSPS) is 11.3. The monoisotopic (exact) mass is 370 g/mol. The van der Waals surface area contributed by atoms with Crippen molar-refractivity contribution in [2.75, 3.05) is 0 Å². The third-order valence-corrected chi connectivity index (χ3v) is 4.47. The maximum Gasteiger partial charge on any atom is 0.270 e. The minimum atomic E-state index is -0.272. The molecule has 0 atom stereocenters. The highest BCUT2D eigenvalue weighted by molar-refractivity contribution is 5.99. The lowest BCUT2D eigenvalue weighted by Gasteiger charge is -2.03. The van der Waals surface area contributed by atoms with E-state index in [0.29, 0.717) is 16.7 Å². The molecule has 138 valence electrons. The molecule has 0 saturated heterocycles. The van der Waals surface area contributed by atoms with Crippen LogP contribution in [-0.4, -0.2) is 22.1 Å². The molecule has 0 bridgehead atoms. The fourth-order valence-electron chi connectivity index (χ4n) is 3.06. The number of aromatic nitrogens is 2. The van der Waals surface area contributed by atoms with E-state index in [9.17, 15) is 9.59 Å². The molecule has 1 amide bonds. The average molecular weight is 370 g/mol. The van der Waals surface area contributed by atoms with Crippen molar-refractivity contribution in [3.05, 3.63) is 88.3 Å². The molecule has 0 radical (unpaired) electrons. The number of aromatic amines is 1. The van der Waals surface area contributed by atoms with Gasteiger partial charge in [0, 0.05) is 18.4 Å². The highest BCUT2D eigenvalue weighted by Gasteiger charge is 2.08. The first-order chi connectivity index (χ1) is 13.7. The molecule has 3 aromatic carbocycles. The van der Waals surface area contributed by atoms with Gasteiger partial charge in [0.2, 0.25) is 5.91 Å². The largest absolute Gasteiger partial charge is 0.319 e. The predicted octanol–water partition coefficient (Wildman–Crippen LogP) is 3.16. The SMILES string of the molecule is O=C(CCc1nc2ccccc2[nH]c1=O)N/N=C/c1cccc2ccccc12. The van der Waals surface area contributed by atoms with Crippen molar-refractivity contribution in [1.82, 2.24) is 15.4 Å². The van der Waals surface area contributed by atoms with E-state index >= 15 is 0 Å². The van der Waals surface area contributed by atoms with E-state index in [0.717, 1.165) is 16.3 Å². The van der Waals surface area contributed by atoms with Crippen LogP contribution in [0.15, 0.2) is 76.6 Å². The molecule has 1 heterocycles. The molecule has 6 nitrogen and oxygen atoms in total. The Kier molecular flexibility index (Phi) is 4.93. The Labute approximate surface area is 160 Å². The Balaban J connectivity index is 1.40. The molecule has 4 aromatic rings. The van der Waals surface area contributed by atoms with Gasteiger partial charge in [-0.15, -0.1) is 0 Å². The standard InChI is InChI=1S/C22H18N4O2/c27-21(13-12-20-22(28)25-19-11-4-3-10-18(19)24-20)26-23-14-16-8-5-7-15-6-1-2-9-17(15)16/h1-11,14H,12-13H2,(H,25,28)(H,26,27)/b23-14+. The van der Waals surface area contributed by atoms with Crippen LogP contribution in [0.1, 0.15) is 17.7 Å². The lowest BCUT2D eigenvalue weighted by atomic mass is 10.1. The molecule has 4 rings (SSSR count). The summed E-state index contributed by atoms with van der Waals surface area (Å²) in [6.45, 7) is 0. The molecular formula is C22H18N4O2. The average Bonchev–Trinajstić information content (AvgIpc) is 2.72. The van der Waals surface area contributed by atoms with Crippen LogP contribution in [0.4, 0.5) is 0 Å². The number of fused-ring (bicyclic) bond motifs is 2. The van der Waals surface area contributed by atoms with E-state index in [-0.39, 0.29) is 24.3 Å². The number of amides is 1. The topological polar surface area (TPSA) is 87.2 Å². The number of hydrogen-bond acceptors (Lipinski definition) is 4. The highest BCUT2D eigenvalue weighted by atomic mass is 16.2. The third kappa shape index (κ3) is 3.81. The van der Waals surface area contributed by atoms with Crippen LogP contribution in [0, 0.1) is 0 Å². The van der Waals surface area contributed by atoms with Crippen LogP contribution >= 0.6 is 0 Å². The number of carbonyl (C=O) groups excluding carboxylic acids is 1. The Hall–Kier alpha value is -3.80. The van der Waals surface area contributed by atoms with E-state index in [2.05, 4.69) is 20.5 Å². The van der Waals surface area contributed by atoms with Crippen LogP contribution < -0.4 is 11.0 Å². The smallest absolute Gasteiger partial charge is 0.270 e. The number of hydrazone groups is 1. The second kappa shape index (κ2) is 7.84. The fourth-order valence-corrected chi connectivity index (χ4v) is 3.06. The number of para-hydroxylation sites is 2. The van der Waals surface area contributed by atoms with Crippen molar-refractivity contribution in [2.45, 2.75) is 12.8 Å². The van der Waals surface area contributed by atoms with Gasteiger partial charge in [-0.05, 0) is 22.9 Å². The summed E-state index contributed by atoms with van der Waals surface area (Å²) in [5, 5.41) is 6.22. The van der Waals surface area contributed by atoms with Gasteiger partial charge >= 0.3 is 0 Å². The lowest BCUT2D eigenvalue weighted by Crippen LogP contribution is -2.21. The lowest BCUT2D eigenvalue weighted by molar-refractivity contribution is -0.121. The highest BCUT2D eigenvalue weighted by Crippen LogP contribution is 2.16. The van der Waals surface area contributed by atoms with Crippen molar-refractivity contribution >= 4 is 33.9 Å². The van der Waals surface area contributed by atoms with Gasteiger partial charge in [-0.25, -0.2) is 10.4 Å². The number of hydrogen-bond donors (Lipinski definition) is 2. The van der Waals surface area contributed by atoms with E-state index in [1.165, 1.54) is 0 Å². The van der Waals surface area contributed by atoms with Gasteiger partial charge in [0.15, 0.2) is 0 Å². The van der Waals surface area contributed by atoms with Crippen LogP contribution in [0.2, 0.25) is 0 Å². The summed E-state index contributed by atoms with van der Waals surface area (Å²) < 4.78 is 0. The number of benzene rings is 3. The second-order valence-electron chi connectivity index (χ2n) is 6.39. The van der Waals surface area contributed by atoms with E-state index in [4.69, 9.17) is 0 Å². The molecule has 28 heavy (non-hydrogen) atoms. The first-order valence-electron chi connectivity index (χ1n) is 8.98. The summed E-state index contributed by atoms with van der Waals surface area (Å²) in [6.07, 6.45) is 2.00. The molecule has 0 unspecified atom stereocenters. The summed E-state index contributed by atoms with van der Waals surface area (Å²) in [6, 6.07) is 21.2. The zero-order chi connectivity index (χ0) is 19.3. The Bertz CT molecular complexity index is 1240. The van der Waals surface area contributed by atoms with Gasteiger partial charge in [-0.1, -0.05) is 54.6 Å². The maximum atomic E-state index is 12.1. The summed E-state index contributed by atoms with van der Waals surface area (Å²) in [5.41, 5.74) is 4.88. The minimum Gasteiger partial charge on any atom is -0.319 e. The summed E-state index contributed by atoms with van der Waals surface area (Å²) in [5.74, 6) is -0.272. The van der Waals surface area contributed by atoms with Crippen molar-refractivity contribution < 1.29 is 4.79 Å².